The molecule has 1 heterocycles. The van der Waals surface area contributed by atoms with Crippen molar-refractivity contribution in [1.29, 1.82) is 0 Å². The van der Waals surface area contributed by atoms with Gasteiger partial charge in [0.25, 0.3) is 0 Å². The molecule has 96 valence electrons. The maximum absolute atomic E-state index is 12.0. The predicted molar refractivity (Wildman–Crippen MR) is 66.2 cm³/mol. The first-order chi connectivity index (χ1) is 8.54. The number of aliphatic carboxylic acids is 1. The lowest BCUT2D eigenvalue weighted by Crippen LogP contribution is -2.43. The molecule has 1 aromatic rings. The number of aromatic nitrogens is 1. The fourth-order valence-corrected chi connectivity index (χ4v) is 2.64. The van der Waals surface area contributed by atoms with Crippen LogP contribution in [0.15, 0.2) is 18.5 Å². The first-order valence-corrected chi connectivity index (χ1v) is 6.22. The van der Waals surface area contributed by atoms with Crippen molar-refractivity contribution in [2.24, 2.45) is 5.41 Å². The van der Waals surface area contributed by atoms with E-state index >= 15 is 0 Å². The van der Waals surface area contributed by atoms with E-state index in [-0.39, 0.29) is 12.2 Å². The zero-order valence-corrected chi connectivity index (χ0v) is 10.5. The van der Waals surface area contributed by atoms with E-state index in [1.807, 2.05) is 13.0 Å². The summed E-state index contributed by atoms with van der Waals surface area (Å²) in [6, 6.07) is 1.90. The summed E-state index contributed by atoms with van der Waals surface area (Å²) in [5.74, 6) is -1.13. The molecular formula is C14H17NO3. The lowest BCUT2D eigenvalue weighted by atomic mass is 9.69. The van der Waals surface area contributed by atoms with Crippen LogP contribution in [0.5, 0.6) is 0 Å². The van der Waals surface area contributed by atoms with Crippen molar-refractivity contribution in [3.63, 3.8) is 0 Å². The quantitative estimate of drug-likeness (QED) is 0.831. The molecule has 0 amide bonds. The zero-order valence-electron chi connectivity index (χ0n) is 10.5. The smallest absolute Gasteiger partial charge is 0.317 e. The fourth-order valence-electron chi connectivity index (χ4n) is 2.64. The summed E-state index contributed by atoms with van der Waals surface area (Å²) in [4.78, 5) is 27.6. The monoisotopic (exact) mass is 247 g/mol. The Morgan fingerprint density at radius 2 is 2.22 bits per heavy atom. The van der Waals surface area contributed by atoms with Crippen molar-refractivity contribution >= 4 is 11.8 Å². The highest BCUT2D eigenvalue weighted by Crippen LogP contribution is 2.36. The van der Waals surface area contributed by atoms with Gasteiger partial charge in [0.1, 0.15) is 5.41 Å². The number of carbonyl (C=O) groups is 2. The van der Waals surface area contributed by atoms with Gasteiger partial charge in [0.2, 0.25) is 0 Å². The number of carboxylic acids is 1. The van der Waals surface area contributed by atoms with E-state index in [9.17, 15) is 14.7 Å². The van der Waals surface area contributed by atoms with Gasteiger partial charge in [-0.3, -0.25) is 14.6 Å². The van der Waals surface area contributed by atoms with Crippen molar-refractivity contribution in [2.45, 2.75) is 39.0 Å². The Hall–Kier alpha value is -1.71. The summed E-state index contributed by atoms with van der Waals surface area (Å²) in [5, 5.41) is 9.45. The van der Waals surface area contributed by atoms with E-state index in [4.69, 9.17) is 0 Å². The van der Waals surface area contributed by atoms with Gasteiger partial charge in [-0.2, -0.15) is 0 Å². The first-order valence-electron chi connectivity index (χ1n) is 6.22. The highest BCUT2D eigenvalue weighted by Gasteiger charge is 2.46. The molecule has 1 unspecified atom stereocenters. The molecule has 1 atom stereocenters. The summed E-state index contributed by atoms with van der Waals surface area (Å²) in [7, 11) is 0. The van der Waals surface area contributed by atoms with Crippen LogP contribution in [-0.2, 0) is 16.0 Å². The molecule has 0 aliphatic heterocycles. The maximum atomic E-state index is 12.0. The van der Waals surface area contributed by atoms with Gasteiger partial charge < -0.3 is 5.11 Å². The molecule has 1 aliphatic carbocycles. The number of rotatable bonds is 3. The Morgan fingerprint density at radius 1 is 1.44 bits per heavy atom. The lowest BCUT2D eigenvalue weighted by Gasteiger charge is -2.31. The third-order valence-corrected chi connectivity index (χ3v) is 3.64. The van der Waals surface area contributed by atoms with Crippen LogP contribution < -0.4 is 0 Å². The van der Waals surface area contributed by atoms with Crippen molar-refractivity contribution in [3.05, 3.63) is 29.6 Å². The molecule has 1 fully saturated rings. The van der Waals surface area contributed by atoms with E-state index in [0.29, 0.717) is 12.8 Å². The van der Waals surface area contributed by atoms with Crippen LogP contribution in [0.4, 0.5) is 0 Å². The second-order valence-corrected chi connectivity index (χ2v) is 5.06. The summed E-state index contributed by atoms with van der Waals surface area (Å²) < 4.78 is 0. The van der Waals surface area contributed by atoms with Crippen LogP contribution in [0.3, 0.4) is 0 Å². The molecule has 2 rings (SSSR count). The molecule has 1 aliphatic rings. The van der Waals surface area contributed by atoms with E-state index in [1.165, 1.54) is 0 Å². The number of hydrogen-bond acceptors (Lipinski definition) is 3. The van der Waals surface area contributed by atoms with Gasteiger partial charge in [-0.15, -0.1) is 0 Å². The summed E-state index contributed by atoms with van der Waals surface area (Å²) in [6.07, 6.45) is 6.06. The zero-order chi connectivity index (χ0) is 13.2. The molecule has 0 bridgehead atoms. The second-order valence-electron chi connectivity index (χ2n) is 5.06. The number of aryl methyl sites for hydroxylation is 1. The molecule has 0 aromatic carbocycles. The second kappa shape index (κ2) is 4.88. The highest BCUT2D eigenvalue weighted by molar-refractivity contribution is 6.03. The summed E-state index contributed by atoms with van der Waals surface area (Å²) in [6.45, 7) is 1.91. The van der Waals surface area contributed by atoms with Crippen LogP contribution >= 0.6 is 0 Å². The van der Waals surface area contributed by atoms with Gasteiger partial charge >= 0.3 is 5.97 Å². The molecule has 1 aromatic heterocycles. The molecule has 1 N–H and O–H groups in total. The van der Waals surface area contributed by atoms with Gasteiger partial charge in [0.15, 0.2) is 5.78 Å². The fraction of sp³-hybridized carbons (Fsp3) is 0.500. The Labute approximate surface area is 106 Å². The SMILES string of the molecule is Cc1cncc(CC2(C(=O)O)CCCCC2=O)c1. The minimum absolute atomic E-state index is 0.136. The van der Waals surface area contributed by atoms with Crippen molar-refractivity contribution in [3.8, 4) is 0 Å². The molecule has 0 spiro atoms. The molecule has 4 nitrogen and oxygen atoms in total. The van der Waals surface area contributed by atoms with Gasteiger partial charge in [0.05, 0.1) is 0 Å². The van der Waals surface area contributed by atoms with Gasteiger partial charge in [0, 0.05) is 18.8 Å². The minimum Gasteiger partial charge on any atom is -0.480 e. The Bertz CT molecular complexity index is 484. The molecule has 1 saturated carbocycles. The number of ketones is 1. The van der Waals surface area contributed by atoms with Gasteiger partial charge in [-0.1, -0.05) is 12.5 Å². The Morgan fingerprint density at radius 3 is 2.83 bits per heavy atom. The minimum atomic E-state index is -1.23. The van der Waals surface area contributed by atoms with E-state index in [0.717, 1.165) is 24.0 Å². The van der Waals surface area contributed by atoms with E-state index < -0.39 is 11.4 Å². The number of Topliss-reactive ketones (excluding diaryl/α,β-unsaturated/α-hetero) is 1. The molecule has 0 saturated heterocycles. The van der Waals surface area contributed by atoms with E-state index in [2.05, 4.69) is 4.98 Å². The predicted octanol–water partition coefficient (Wildman–Crippen LogP) is 2.15. The topological polar surface area (TPSA) is 67.3 Å². The number of carbonyl (C=O) groups excluding carboxylic acids is 1. The Balaban J connectivity index is 2.31. The Kier molecular flexibility index (Phi) is 3.45. The highest BCUT2D eigenvalue weighted by atomic mass is 16.4. The van der Waals surface area contributed by atoms with E-state index in [1.54, 1.807) is 12.4 Å². The first kappa shape index (κ1) is 12.7. The summed E-state index contributed by atoms with van der Waals surface area (Å²) in [5.41, 5.74) is 0.581. The van der Waals surface area contributed by atoms with Crippen molar-refractivity contribution < 1.29 is 14.7 Å². The number of pyridine rings is 1. The number of carboxylic acid groups (broad SMARTS) is 1. The third-order valence-electron chi connectivity index (χ3n) is 3.64. The lowest BCUT2D eigenvalue weighted by molar-refractivity contribution is -0.157. The van der Waals surface area contributed by atoms with Gasteiger partial charge in [-0.25, -0.2) is 0 Å². The largest absolute Gasteiger partial charge is 0.480 e. The average Bonchev–Trinajstić information content (AvgIpc) is 2.32. The van der Waals surface area contributed by atoms with Crippen LogP contribution in [-0.4, -0.2) is 21.8 Å². The van der Waals surface area contributed by atoms with Crippen molar-refractivity contribution in [2.75, 3.05) is 0 Å². The normalized spacial score (nSPS) is 23.9. The van der Waals surface area contributed by atoms with Crippen LogP contribution in [0.2, 0.25) is 0 Å². The summed E-state index contributed by atoms with van der Waals surface area (Å²) >= 11 is 0. The average molecular weight is 247 g/mol. The molecule has 18 heavy (non-hydrogen) atoms. The van der Waals surface area contributed by atoms with Crippen LogP contribution in [0.25, 0.3) is 0 Å². The van der Waals surface area contributed by atoms with Gasteiger partial charge in [-0.05, 0) is 37.3 Å². The number of nitrogens with zero attached hydrogens (tertiary/aromatic N) is 1. The maximum Gasteiger partial charge on any atom is 0.317 e. The van der Waals surface area contributed by atoms with Crippen LogP contribution in [0, 0.1) is 12.3 Å². The number of hydrogen-bond donors (Lipinski definition) is 1. The standard InChI is InChI=1S/C14H17NO3/c1-10-6-11(9-15-8-10)7-14(13(17)18)5-3-2-4-12(14)16/h6,8-9H,2-5,7H2,1H3,(H,17,18). The molecular weight excluding hydrogens is 230 g/mol. The molecule has 0 radical (unpaired) electrons. The van der Waals surface area contributed by atoms with Crippen molar-refractivity contribution in [1.82, 2.24) is 4.98 Å². The molecule has 4 heteroatoms. The van der Waals surface area contributed by atoms with Crippen LogP contribution in [0.1, 0.15) is 36.8 Å². The third kappa shape index (κ3) is 2.28.